The minimum Gasteiger partial charge on any atom is -0.496 e. The summed E-state index contributed by atoms with van der Waals surface area (Å²) >= 11 is 0. The first-order valence-electron chi connectivity index (χ1n) is 12.4. The van der Waals surface area contributed by atoms with Gasteiger partial charge in [-0.15, -0.1) is 0 Å². The van der Waals surface area contributed by atoms with Crippen LogP contribution in [0.5, 0.6) is 11.5 Å². The molecule has 1 unspecified atom stereocenters. The maximum atomic E-state index is 9.72. The van der Waals surface area contributed by atoms with Gasteiger partial charge in [0.05, 0.1) is 45.2 Å². The van der Waals surface area contributed by atoms with Crippen LogP contribution in [0.4, 0.5) is 11.8 Å². The number of hydrogen-bond donors (Lipinski definition) is 4. The molecule has 2 heterocycles. The monoisotopic (exact) mass is 500 g/mol. The molecule has 198 valence electrons. The van der Waals surface area contributed by atoms with Crippen LogP contribution in [0.1, 0.15) is 50.3 Å². The molecule has 0 amide bonds. The SMILES string of the molecule is CCC[C@@H](CO)Nc1nc(N)nc2cn(Cc3c(OC)cc(C(CN)N(C)CCC)cc3OC)nc12. The first kappa shape index (κ1) is 27.4. The summed E-state index contributed by atoms with van der Waals surface area (Å²) in [5, 5.41) is 17.7. The third-order valence-corrected chi connectivity index (χ3v) is 6.29. The molecule has 2 atom stereocenters. The Morgan fingerprint density at radius 2 is 1.83 bits per heavy atom. The van der Waals surface area contributed by atoms with E-state index in [-0.39, 0.29) is 24.6 Å². The highest BCUT2D eigenvalue weighted by molar-refractivity contribution is 5.86. The summed E-state index contributed by atoms with van der Waals surface area (Å²) in [7, 11) is 5.36. The van der Waals surface area contributed by atoms with Crippen molar-refractivity contribution >= 4 is 22.8 Å². The molecule has 0 fully saturated rings. The van der Waals surface area contributed by atoms with E-state index in [1.165, 1.54) is 0 Å². The van der Waals surface area contributed by atoms with Gasteiger partial charge in [0.25, 0.3) is 0 Å². The lowest BCUT2D eigenvalue weighted by atomic mass is 10.0. The summed E-state index contributed by atoms with van der Waals surface area (Å²) < 4.78 is 13.3. The zero-order valence-corrected chi connectivity index (χ0v) is 22.0. The fourth-order valence-electron chi connectivity index (χ4n) is 4.50. The van der Waals surface area contributed by atoms with Gasteiger partial charge in [-0.3, -0.25) is 9.58 Å². The second kappa shape index (κ2) is 12.7. The number of methoxy groups -OCH3 is 2. The van der Waals surface area contributed by atoms with Crippen LogP contribution in [0.15, 0.2) is 18.3 Å². The van der Waals surface area contributed by atoms with Crippen molar-refractivity contribution in [1.82, 2.24) is 24.6 Å². The maximum absolute atomic E-state index is 9.72. The number of nitrogen functional groups attached to an aromatic ring is 1. The molecule has 0 aliphatic heterocycles. The summed E-state index contributed by atoms with van der Waals surface area (Å²) in [5.74, 6) is 2.03. The molecule has 0 spiro atoms. The second-order valence-electron chi connectivity index (χ2n) is 8.94. The van der Waals surface area contributed by atoms with Crippen molar-refractivity contribution in [3.63, 3.8) is 0 Å². The van der Waals surface area contributed by atoms with E-state index >= 15 is 0 Å². The van der Waals surface area contributed by atoms with Gasteiger partial charge in [-0.25, -0.2) is 4.98 Å². The predicted octanol–water partition coefficient (Wildman–Crippen LogP) is 2.39. The number of aliphatic hydroxyl groups excluding tert-OH is 1. The number of nitrogens with one attached hydrogen (secondary N) is 1. The summed E-state index contributed by atoms with van der Waals surface area (Å²) in [6.07, 6.45) is 4.57. The molecule has 2 aromatic heterocycles. The third kappa shape index (κ3) is 6.15. The minimum atomic E-state index is -0.147. The van der Waals surface area contributed by atoms with Crippen molar-refractivity contribution < 1.29 is 14.6 Å². The van der Waals surface area contributed by atoms with Crippen LogP contribution in [0.3, 0.4) is 0 Å². The number of nitrogens with two attached hydrogens (primary N) is 2. The van der Waals surface area contributed by atoms with Crippen LogP contribution in [-0.2, 0) is 6.54 Å². The Hall–Kier alpha value is -3.15. The lowest BCUT2D eigenvalue weighted by molar-refractivity contribution is 0.249. The molecule has 0 radical (unpaired) electrons. The standard InChI is InChI=1S/C25H40N8O3/c1-6-8-17(15-34)28-24-23-19(29-25(27)30-24)14-33(31-23)13-18-21(35-4)10-16(11-22(18)36-5)20(12-26)32(3)9-7-2/h10-11,14,17,20,34H,6-9,12-13,15,26H2,1-5H3,(H3,27,28,29,30)/t17-,20?/m0/s1. The Kier molecular flexibility index (Phi) is 9.68. The zero-order valence-electron chi connectivity index (χ0n) is 22.0. The maximum Gasteiger partial charge on any atom is 0.222 e. The normalized spacial score (nSPS) is 13.2. The number of aliphatic hydroxyl groups is 1. The first-order valence-corrected chi connectivity index (χ1v) is 12.4. The van der Waals surface area contributed by atoms with Gasteiger partial charge in [0.1, 0.15) is 17.0 Å². The van der Waals surface area contributed by atoms with Gasteiger partial charge < -0.3 is 31.4 Å². The van der Waals surface area contributed by atoms with E-state index in [4.69, 9.17) is 26.0 Å². The van der Waals surface area contributed by atoms with E-state index in [2.05, 4.69) is 41.1 Å². The molecule has 0 bridgehead atoms. The molecule has 3 aromatic rings. The highest BCUT2D eigenvalue weighted by Gasteiger charge is 2.22. The quantitative estimate of drug-likeness (QED) is 0.260. The Morgan fingerprint density at radius 1 is 1.14 bits per heavy atom. The van der Waals surface area contributed by atoms with Gasteiger partial charge in [-0.05, 0) is 44.1 Å². The van der Waals surface area contributed by atoms with E-state index in [1.54, 1.807) is 18.9 Å². The highest BCUT2D eigenvalue weighted by atomic mass is 16.5. The predicted molar refractivity (Wildman–Crippen MR) is 143 cm³/mol. The van der Waals surface area contributed by atoms with Crippen molar-refractivity contribution in [3.05, 3.63) is 29.5 Å². The molecule has 0 saturated carbocycles. The summed E-state index contributed by atoms with van der Waals surface area (Å²) in [4.78, 5) is 10.9. The largest absolute Gasteiger partial charge is 0.496 e. The molecule has 0 aliphatic carbocycles. The molecule has 3 rings (SSSR count). The minimum absolute atomic E-state index is 0.0159. The van der Waals surface area contributed by atoms with Crippen LogP contribution in [0.2, 0.25) is 0 Å². The van der Waals surface area contributed by atoms with E-state index in [9.17, 15) is 5.11 Å². The molecule has 6 N–H and O–H groups in total. The average molecular weight is 501 g/mol. The smallest absolute Gasteiger partial charge is 0.222 e. The summed E-state index contributed by atoms with van der Waals surface area (Å²) in [6.45, 7) is 6.00. The summed E-state index contributed by atoms with van der Waals surface area (Å²) in [6, 6.07) is 3.94. The van der Waals surface area contributed by atoms with E-state index in [0.717, 1.165) is 36.9 Å². The molecule has 11 nitrogen and oxygen atoms in total. The van der Waals surface area contributed by atoms with Crippen molar-refractivity contribution in [3.8, 4) is 11.5 Å². The number of anilines is 2. The Labute approximate surface area is 212 Å². The van der Waals surface area contributed by atoms with Crippen molar-refractivity contribution in [2.45, 2.75) is 51.7 Å². The van der Waals surface area contributed by atoms with Gasteiger partial charge in [0.15, 0.2) is 11.3 Å². The number of nitrogens with zero attached hydrogens (tertiary/aromatic N) is 5. The van der Waals surface area contributed by atoms with E-state index < -0.39 is 0 Å². The number of ether oxygens (including phenoxy) is 2. The molecule has 11 heteroatoms. The number of rotatable bonds is 14. The third-order valence-electron chi connectivity index (χ3n) is 6.29. The Morgan fingerprint density at radius 3 is 2.39 bits per heavy atom. The second-order valence-corrected chi connectivity index (χ2v) is 8.94. The number of aromatic nitrogens is 4. The number of hydrogen-bond acceptors (Lipinski definition) is 10. The van der Waals surface area contributed by atoms with Crippen LogP contribution in [-0.4, -0.2) is 76.8 Å². The van der Waals surface area contributed by atoms with Gasteiger partial charge in [-0.2, -0.15) is 10.1 Å². The molecular formula is C25H40N8O3. The van der Waals surface area contributed by atoms with Crippen molar-refractivity contribution in [2.24, 2.45) is 5.73 Å². The number of likely N-dealkylation sites (N-methyl/N-ethyl adjacent to an activating group) is 1. The molecule has 1 aromatic carbocycles. The Bertz CT molecular complexity index is 1110. The van der Waals surface area contributed by atoms with Crippen LogP contribution in [0.25, 0.3) is 11.0 Å². The van der Waals surface area contributed by atoms with Crippen LogP contribution in [0, 0.1) is 0 Å². The lowest BCUT2D eigenvalue weighted by Gasteiger charge is -2.28. The Balaban J connectivity index is 1.99. The molecule has 0 saturated heterocycles. The van der Waals surface area contributed by atoms with Crippen molar-refractivity contribution in [1.29, 1.82) is 0 Å². The van der Waals surface area contributed by atoms with Crippen LogP contribution < -0.4 is 26.3 Å². The van der Waals surface area contributed by atoms with E-state index in [1.807, 2.05) is 18.3 Å². The highest BCUT2D eigenvalue weighted by Crippen LogP contribution is 2.35. The molecule has 36 heavy (non-hydrogen) atoms. The topological polar surface area (TPSA) is 150 Å². The zero-order chi connectivity index (χ0) is 26.2. The first-order chi connectivity index (χ1) is 17.4. The van der Waals surface area contributed by atoms with Gasteiger partial charge in [-0.1, -0.05) is 20.3 Å². The van der Waals surface area contributed by atoms with Gasteiger partial charge in [0.2, 0.25) is 5.95 Å². The fourth-order valence-corrected chi connectivity index (χ4v) is 4.50. The average Bonchev–Trinajstić information content (AvgIpc) is 3.27. The number of benzene rings is 1. The van der Waals surface area contributed by atoms with Crippen LogP contribution >= 0.6 is 0 Å². The molecular weight excluding hydrogens is 460 g/mol. The van der Waals surface area contributed by atoms with Gasteiger partial charge >= 0.3 is 0 Å². The van der Waals surface area contributed by atoms with Crippen molar-refractivity contribution in [2.75, 3.05) is 52.0 Å². The lowest BCUT2D eigenvalue weighted by Crippen LogP contribution is -2.31. The van der Waals surface area contributed by atoms with Gasteiger partial charge in [0, 0.05) is 12.6 Å². The fraction of sp³-hybridized carbons (Fsp3) is 0.560. The van der Waals surface area contributed by atoms with E-state index in [0.29, 0.717) is 41.4 Å². The number of fused-ring (bicyclic) bond motifs is 1. The summed E-state index contributed by atoms with van der Waals surface area (Å²) in [5.41, 5.74) is 15.2. The molecule has 0 aliphatic rings.